The van der Waals surface area contributed by atoms with Crippen LogP contribution in [-0.2, 0) is 0 Å². The van der Waals surface area contributed by atoms with E-state index in [4.69, 9.17) is 0 Å². The van der Waals surface area contributed by atoms with E-state index in [0.717, 1.165) is 10.7 Å². The molecule has 0 aliphatic heterocycles. The second-order valence-electron chi connectivity index (χ2n) is 3.86. The highest BCUT2D eigenvalue weighted by Gasteiger charge is 2.02. The summed E-state index contributed by atoms with van der Waals surface area (Å²) in [5, 5.41) is 5.74. The van der Waals surface area contributed by atoms with Crippen molar-refractivity contribution in [2.75, 3.05) is 0 Å². The van der Waals surface area contributed by atoms with E-state index >= 15 is 0 Å². The molecule has 0 atom stereocenters. The fourth-order valence-electron chi connectivity index (χ4n) is 1.81. The van der Waals surface area contributed by atoms with Crippen LogP contribution in [0.25, 0.3) is 21.3 Å². The van der Waals surface area contributed by atoms with Gasteiger partial charge in [0.05, 0.1) is 0 Å². The van der Waals surface area contributed by atoms with Gasteiger partial charge in [0.25, 0.3) is 0 Å². The zero-order chi connectivity index (χ0) is 11.0. The molecule has 0 N–H and O–H groups in total. The van der Waals surface area contributed by atoms with Crippen LogP contribution in [0.4, 0.5) is 0 Å². The molecule has 2 aromatic carbocycles. The van der Waals surface area contributed by atoms with Crippen LogP contribution >= 0.6 is 11.3 Å². The summed E-state index contributed by atoms with van der Waals surface area (Å²) in [5.41, 5.74) is 2.30. The maximum atomic E-state index is 4.51. The highest BCUT2D eigenvalue weighted by Crippen LogP contribution is 2.26. The van der Waals surface area contributed by atoms with Gasteiger partial charge in [0.2, 0.25) is 0 Å². The Morgan fingerprint density at radius 2 is 1.81 bits per heavy atom. The molecule has 0 fully saturated rings. The van der Waals surface area contributed by atoms with Gasteiger partial charge in [0.1, 0.15) is 5.01 Å². The fourth-order valence-corrected chi connectivity index (χ4v) is 2.60. The molecule has 0 aliphatic carbocycles. The van der Waals surface area contributed by atoms with Gasteiger partial charge in [-0.25, -0.2) is 4.98 Å². The number of hydrogen-bond acceptors (Lipinski definition) is 2. The van der Waals surface area contributed by atoms with Gasteiger partial charge in [0.15, 0.2) is 0 Å². The van der Waals surface area contributed by atoms with Gasteiger partial charge >= 0.3 is 0 Å². The van der Waals surface area contributed by atoms with Crippen molar-refractivity contribution in [2.45, 2.75) is 6.92 Å². The van der Waals surface area contributed by atoms with Crippen molar-refractivity contribution in [3.63, 3.8) is 0 Å². The summed E-state index contributed by atoms with van der Waals surface area (Å²) in [5.74, 6) is 0. The Hall–Kier alpha value is -1.67. The standard InChI is InChI=1S/C14H11NS/c1-10-9-16-14(15-10)13-7-6-11-4-2-3-5-12(11)8-13/h2-9H,1H3. The molecule has 0 saturated carbocycles. The van der Waals surface area contributed by atoms with E-state index in [-0.39, 0.29) is 0 Å². The van der Waals surface area contributed by atoms with Crippen LogP contribution in [0.15, 0.2) is 47.8 Å². The summed E-state index contributed by atoms with van der Waals surface area (Å²) in [4.78, 5) is 4.51. The van der Waals surface area contributed by atoms with E-state index in [9.17, 15) is 0 Å². The van der Waals surface area contributed by atoms with Crippen molar-refractivity contribution in [1.29, 1.82) is 0 Å². The Balaban J connectivity index is 2.18. The maximum absolute atomic E-state index is 4.51. The third-order valence-corrected chi connectivity index (χ3v) is 3.62. The molecule has 0 spiro atoms. The zero-order valence-corrected chi connectivity index (χ0v) is 9.79. The van der Waals surface area contributed by atoms with Crippen LogP contribution in [0, 0.1) is 6.92 Å². The molecule has 1 heterocycles. The van der Waals surface area contributed by atoms with Gasteiger partial charge < -0.3 is 0 Å². The molecule has 0 saturated heterocycles. The average molecular weight is 225 g/mol. The SMILES string of the molecule is Cc1csc(-c2ccc3ccccc3c2)n1. The Morgan fingerprint density at radius 1 is 1.00 bits per heavy atom. The van der Waals surface area contributed by atoms with Gasteiger partial charge in [-0.05, 0) is 23.8 Å². The maximum Gasteiger partial charge on any atom is 0.123 e. The Bertz CT molecular complexity index is 640. The second-order valence-corrected chi connectivity index (χ2v) is 4.71. The number of rotatable bonds is 1. The topological polar surface area (TPSA) is 12.9 Å². The monoisotopic (exact) mass is 225 g/mol. The lowest BCUT2D eigenvalue weighted by Crippen LogP contribution is -1.78. The number of nitrogens with zero attached hydrogens (tertiary/aromatic N) is 1. The van der Waals surface area contributed by atoms with E-state index in [1.807, 2.05) is 6.92 Å². The zero-order valence-electron chi connectivity index (χ0n) is 8.97. The van der Waals surface area contributed by atoms with E-state index in [2.05, 4.69) is 52.8 Å². The van der Waals surface area contributed by atoms with Crippen molar-refractivity contribution in [3.05, 3.63) is 53.5 Å². The van der Waals surface area contributed by atoms with Crippen LogP contribution in [0.2, 0.25) is 0 Å². The lowest BCUT2D eigenvalue weighted by Gasteiger charge is -2.00. The highest BCUT2D eigenvalue weighted by molar-refractivity contribution is 7.13. The molecule has 0 bridgehead atoms. The molecule has 0 amide bonds. The predicted molar refractivity (Wildman–Crippen MR) is 69.8 cm³/mol. The molecule has 1 aromatic heterocycles. The van der Waals surface area contributed by atoms with Crippen LogP contribution in [0.3, 0.4) is 0 Å². The molecular formula is C14H11NS. The normalized spacial score (nSPS) is 10.8. The van der Waals surface area contributed by atoms with E-state index in [1.54, 1.807) is 11.3 Å². The van der Waals surface area contributed by atoms with Gasteiger partial charge in [-0.3, -0.25) is 0 Å². The minimum absolute atomic E-state index is 1.09. The Kier molecular flexibility index (Phi) is 2.22. The van der Waals surface area contributed by atoms with E-state index in [0.29, 0.717) is 0 Å². The highest BCUT2D eigenvalue weighted by atomic mass is 32.1. The van der Waals surface area contributed by atoms with E-state index < -0.39 is 0 Å². The number of benzene rings is 2. The summed E-state index contributed by atoms with van der Waals surface area (Å²) in [6, 6.07) is 14.9. The quantitative estimate of drug-likeness (QED) is 0.602. The smallest absolute Gasteiger partial charge is 0.123 e. The first-order chi connectivity index (χ1) is 7.83. The van der Waals surface area contributed by atoms with Crippen LogP contribution in [0.1, 0.15) is 5.69 Å². The third kappa shape index (κ3) is 1.61. The van der Waals surface area contributed by atoms with Crippen molar-refractivity contribution in [1.82, 2.24) is 4.98 Å². The summed E-state index contributed by atoms with van der Waals surface area (Å²) in [6.45, 7) is 2.03. The molecule has 0 unspecified atom stereocenters. The summed E-state index contributed by atoms with van der Waals surface area (Å²) in [6.07, 6.45) is 0. The van der Waals surface area contributed by atoms with Crippen molar-refractivity contribution in [3.8, 4) is 10.6 Å². The number of aromatic nitrogens is 1. The lowest BCUT2D eigenvalue weighted by atomic mass is 10.1. The first-order valence-electron chi connectivity index (χ1n) is 5.24. The molecule has 1 nitrogen and oxygen atoms in total. The lowest BCUT2D eigenvalue weighted by molar-refractivity contribution is 1.27. The van der Waals surface area contributed by atoms with E-state index in [1.165, 1.54) is 16.3 Å². The molecule has 3 aromatic rings. The number of hydrogen-bond donors (Lipinski definition) is 0. The Labute approximate surface area is 98.4 Å². The summed E-state index contributed by atoms with van der Waals surface area (Å²) in [7, 11) is 0. The van der Waals surface area contributed by atoms with Crippen molar-refractivity contribution in [2.24, 2.45) is 0 Å². The number of fused-ring (bicyclic) bond motifs is 1. The van der Waals surface area contributed by atoms with Gasteiger partial charge in [-0.2, -0.15) is 0 Å². The molecule has 16 heavy (non-hydrogen) atoms. The number of thiazole rings is 1. The minimum atomic E-state index is 1.09. The predicted octanol–water partition coefficient (Wildman–Crippen LogP) is 4.27. The first-order valence-corrected chi connectivity index (χ1v) is 6.12. The fraction of sp³-hybridized carbons (Fsp3) is 0.0714. The second kappa shape index (κ2) is 3.72. The number of aryl methyl sites for hydroxylation is 1. The van der Waals surface area contributed by atoms with Crippen molar-refractivity contribution >= 4 is 22.1 Å². The van der Waals surface area contributed by atoms with Crippen molar-refractivity contribution < 1.29 is 0 Å². The average Bonchev–Trinajstić information content (AvgIpc) is 2.75. The van der Waals surface area contributed by atoms with Crippen LogP contribution < -0.4 is 0 Å². The summed E-state index contributed by atoms with van der Waals surface area (Å²) < 4.78 is 0. The largest absolute Gasteiger partial charge is 0.241 e. The molecule has 78 valence electrons. The molecule has 0 radical (unpaired) electrons. The Morgan fingerprint density at radius 3 is 2.56 bits per heavy atom. The molecule has 2 heteroatoms. The van der Waals surface area contributed by atoms with Gasteiger partial charge in [-0.1, -0.05) is 36.4 Å². The van der Waals surface area contributed by atoms with Crippen LogP contribution in [-0.4, -0.2) is 4.98 Å². The summed E-state index contributed by atoms with van der Waals surface area (Å²) >= 11 is 1.70. The van der Waals surface area contributed by atoms with Gasteiger partial charge in [-0.15, -0.1) is 11.3 Å². The first kappa shape index (κ1) is 9.55. The molecule has 0 aliphatic rings. The minimum Gasteiger partial charge on any atom is -0.241 e. The van der Waals surface area contributed by atoms with Gasteiger partial charge in [0, 0.05) is 16.6 Å². The molecule has 3 rings (SSSR count). The molecular weight excluding hydrogens is 214 g/mol. The third-order valence-electron chi connectivity index (χ3n) is 2.62. The van der Waals surface area contributed by atoms with Crippen LogP contribution in [0.5, 0.6) is 0 Å².